The van der Waals surface area contributed by atoms with Gasteiger partial charge in [0.25, 0.3) is 0 Å². The molecule has 6 atom stereocenters. The largest absolute Gasteiger partial charge is 0.503 e. The third-order valence-corrected chi connectivity index (χ3v) is 13.0. The lowest BCUT2D eigenvalue weighted by molar-refractivity contribution is -0.131. The Balaban J connectivity index is 1.41. The van der Waals surface area contributed by atoms with E-state index in [1.165, 1.54) is 16.9 Å². The predicted molar refractivity (Wildman–Crippen MR) is 180 cm³/mol. The van der Waals surface area contributed by atoms with Gasteiger partial charge in [0.1, 0.15) is 0 Å². The Labute approximate surface area is 287 Å². The van der Waals surface area contributed by atoms with Gasteiger partial charge in [0, 0.05) is 15.4 Å². The van der Waals surface area contributed by atoms with Crippen LogP contribution in [-0.4, -0.2) is 35.8 Å². The van der Waals surface area contributed by atoms with Crippen LogP contribution in [0.5, 0.6) is 11.5 Å². The standard InChI is InChI=1S/C35H29Br2ClN2O6/c1-16-9-10-18(13-24(16)38)39-31(42)20-12-11-19-21(26(20)33(39)44)14-23-32(43)40(17-7-5-4-6-8-17)34(45)35(23,2)27(19)22-15-25(46-3)30(41)29(37)28(22)36/h4-11,13,15,20-21,23,26-27,41H,12,14H2,1-3H3/t20-,21+,23-,26-,27+,35+/m0/s1. The van der Waals surface area contributed by atoms with E-state index in [2.05, 4.69) is 31.9 Å². The van der Waals surface area contributed by atoms with Gasteiger partial charge in [0.15, 0.2) is 11.5 Å². The lowest BCUT2D eigenvalue weighted by atomic mass is 9.51. The first-order valence-electron chi connectivity index (χ1n) is 14.9. The molecule has 0 radical (unpaired) electrons. The zero-order chi connectivity index (χ0) is 32.8. The molecule has 0 aromatic heterocycles. The molecule has 3 aromatic rings. The van der Waals surface area contributed by atoms with Crippen LogP contribution >= 0.6 is 43.5 Å². The Morgan fingerprint density at radius 1 is 0.913 bits per heavy atom. The number of rotatable bonds is 4. The minimum Gasteiger partial charge on any atom is -0.503 e. The zero-order valence-electron chi connectivity index (χ0n) is 25.1. The SMILES string of the molecule is COc1cc([C@H]2C3=CC[C@@H]4C(=O)N(c5ccc(C)c(Cl)c5)C(=O)[C@@H]4[C@@H]3C[C@H]3C(=O)N(c4ccccc4)C(=O)[C@@]23C)c(Br)c(Br)c1O. The molecule has 2 saturated heterocycles. The van der Waals surface area contributed by atoms with Crippen LogP contribution in [0.3, 0.4) is 0 Å². The van der Waals surface area contributed by atoms with Crippen LogP contribution in [0.4, 0.5) is 11.4 Å². The maximum atomic E-state index is 14.6. The van der Waals surface area contributed by atoms with Gasteiger partial charge in [-0.15, -0.1) is 0 Å². The van der Waals surface area contributed by atoms with Gasteiger partial charge in [-0.3, -0.25) is 19.2 Å². The van der Waals surface area contributed by atoms with E-state index in [4.69, 9.17) is 16.3 Å². The first kappa shape index (κ1) is 31.1. The average Bonchev–Trinajstić information content (AvgIpc) is 3.41. The highest BCUT2D eigenvalue weighted by Gasteiger charge is 2.68. The van der Waals surface area contributed by atoms with Gasteiger partial charge in [-0.05, 0) is 106 Å². The van der Waals surface area contributed by atoms with E-state index < -0.39 is 35.0 Å². The molecular weight excluding hydrogens is 740 g/mol. The van der Waals surface area contributed by atoms with Gasteiger partial charge in [0.05, 0.1) is 46.1 Å². The van der Waals surface area contributed by atoms with Crippen molar-refractivity contribution in [3.8, 4) is 11.5 Å². The Morgan fingerprint density at radius 3 is 2.30 bits per heavy atom. The molecule has 1 saturated carbocycles. The Bertz CT molecular complexity index is 1900. The number of ether oxygens (including phenoxy) is 1. The Morgan fingerprint density at radius 2 is 1.63 bits per heavy atom. The summed E-state index contributed by atoms with van der Waals surface area (Å²) in [6.07, 6.45) is 2.51. The van der Waals surface area contributed by atoms with Crippen molar-refractivity contribution in [2.45, 2.75) is 32.6 Å². The minimum atomic E-state index is -1.25. The molecule has 4 aliphatic rings. The molecular formula is C35H29Br2ClN2O6. The maximum absolute atomic E-state index is 14.6. The molecule has 1 N–H and O–H groups in total. The highest BCUT2D eigenvalue weighted by molar-refractivity contribution is 9.13. The molecule has 11 heteroatoms. The quantitative estimate of drug-likeness (QED) is 0.221. The van der Waals surface area contributed by atoms with Crippen LogP contribution in [0.25, 0.3) is 0 Å². The number of aryl methyl sites for hydroxylation is 1. The van der Waals surface area contributed by atoms with Crippen molar-refractivity contribution in [3.63, 3.8) is 0 Å². The number of phenolic OH excluding ortho intramolecular Hbond substituents is 1. The van der Waals surface area contributed by atoms with E-state index >= 15 is 0 Å². The second-order valence-electron chi connectivity index (χ2n) is 12.6. The molecule has 2 aliphatic heterocycles. The lowest BCUT2D eigenvalue weighted by Crippen LogP contribution is -2.49. The number of nitrogens with zero attached hydrogens (tertiary/aromatic N) is 2. The van der Waals surface area contributed by atoms with Gasteiger partial charge >= 0.3 is 0 Å². The van der Waals surface area contributed by atoms with E-state index in [-0.39, 0.29) is 41.5 Å². The van der Waals surface area contributed by atoms with Crippen LogP contribution in [0.2, 0.25) is 5.02 Å². The van der Waals surface area contributed by atoms with E-state index in [1.54, 1.807) is 48.5 Å². The molecule has 0 bridgehead atoms. The number of halogens is 3. The van der Waals surface area contributed by atoms with E-state index in [1.807, 2.05) is 26.0 Å². The summed E-state index contributed by atoms with van der Waals surface area (Å²) < 4.78 is 6.35. The number of imide groups is 2. The summed E-state index contributed by atoms with van der Waals surface area (Å²) in [7, 11) is 1.44. The number of allylic oxidation sites excluding steroid dienone is 2. The number of amides is 4. The van der Waals surface area contributed by atoms with Gasteiger partial charge in [-0.2, -0.15) is 0 Å². The fraction of sp³-hybridized carbons (Fsp3) is 0.314. The summed E-state index contributed by atoms with van der Waals surface area (Å²) in [5.74, 6) is -4.58. The van der Waals surface area contributed by atoms with Gasteiger partial charge in [-0.1, -0.05) is 47.5 Å². The number of carbonyl (C=O) groups excluding carboxylic acids is 4. The van der Waals surface area contributed by atoms with E-state index in [0.29, 0.717) is 37.3 Å². The first-order valence-corrected chi connectivity index (χ1v) is 16.9. The second-order valence-corrected chi connectivity index (χ2v) is 14.6. The summed E-state index contributed by atoms with van der Waals surface area (Å²) in [4.78, 5) is 59.7. The first-order chi connectivity index (χ1) is 21.9. The summed E-state index contributed by atoms with van der Waals surface area (Å²) in [6, 6.07) is 15.6. The number of methoxy groups -OCH3 is 1. The van der Waals surface area contributed by atoms with Crippen LogP contribution in [0, 0.1) is 36.0 Å². The topological polar surface area (TPSA) is 104 Å². The molecule has 236 valence electrons. The van der Waals surface area contributed by atoms with Crippen molar-refractivity contribution in [2.24, 2.45) is 29.1 Å². The van der Waals surface area contributed by atoms with Gasteiger partial charge < -0.3 is 9.84 Å². The summed E-state index contributed by atoms with van der Waals surface area (Å²) >= 11 is 13.5. The second kappa shape index (κ2) is 11.1. The molecule has 3 fully saturated rings. The summed E-state index contributed by atoms with van der Waals surface area (Å²) in [6.45, 7) is 3.67. The van der Waals surface area contributed by atoms with Crippen LogP contribution in [0.1, 0.15) is 36.8 Å². The molecule has 2 aliphatic carbocycles. The zero-order valence-corrected chi connectivity index (χ0v) is 29.0. The highest BCUT2D eigenvalue weighted by Crippen LogP contribution is 2.65. The number of carbonyl (C=O) groups is 4. The van der Waals surface area contributed by atoms with Crippen LogP contribution in [0.15, 0.2) is 75.2 Å². The maximum Gasteiger partial charge on any atom is 0.241 e. The number of hydrogen-bond donors (Lipinski definition) is 1. The number of aromatic hydroxyl groups is 1. The van der Waals surface area contributed by atoms with Crippen molar-refractivity contribution >= 4 is 78.5 Å². The van der Waals surface area contributed by atoms with Gasteiger partial charge in [-0.25, -0.2) is 9.80 Å². The van der Waals surface area contributed by atoms with Crippen molar-refractivity contribution in [2.75, 3.05) is 16.9 Å². The van der Waals surface area contributed by atoms with E-state index in [9.17, 15) is 24.3 Å². The lowest BCUT2D eigenvalue weighted by Gasteiger charge is -2.49. The van der Waals surface area contributed by atoms with Crippen LogP contribution < -0.4 is 14.5 Å². The molecule has 0 unspecified atom stereocenters. The molecule has 8 nitrogen and oxygen atoms in total. The van der Waals surface area contributed by atoms with Crippen molar-refractivity contribution in [1.82, 2.24) is 0 Å². The summed E-state index contributed by atoms with van der Waals surface area (Å²) in [5.41, 5.74) is 1.91. The molecule has 2 heterocycles. The van der Waals surface area contributed by atoms with Crippen LogP contribution in [-0.2, 0) is 19.2 Å². The fourth-order valence-electron chi connectivity index (χ4n) is 8.14. The average molecular weight is 769 g/mol. The van der Waals surface area contributed by atoms with Crippen molar-refractivity contribution < 1.29 is 29.0 Å². The van der Waals surface area contributed by atoms with Gasteiger partial charge in [0.2, 0.25) is 23.6 Å². The highest BCUT2D eigenvalue weighted by atomic mass is 79.9. The number of fused-ring (bicyclic) bond motifs is 4. The number of para-hydroxylation sites is 1. The molecule has 4 amide bonds. The molecule has 46 heavy (non-hydrogen) atoms. The number of anilines is 2. The monoisotopic (exact) mass is 766 g/mol. The number of hydrogen-bond acceptors (Lipinski definition) is 6. The Hall–Kier alpha value is -3.47. The minimum absolute atomic E-state index is 0.117. The smallest absolute Gasteiger partial charge is 0.241 e. The summed E-state index contributed by atoms with van der Waals surface area (Å²) in [5, 5.41) is 11.2. The number of phenols is 1. The number of benzene rings is 3. The molecule has 7 rings (SSSR count). The fourth-order valence-corrected chi connectivity index (χ4v) is 9.27. The molecule has 3 aromatic carbocycles. The predicted octanol–water partition coefficient (Wildman–Crippen LogP) is 7.32. The third kappa shape index (κ3) is 4.22. The van der Waals surface area contributed by atoms with E-state index in [0.717, 1.165) is 11.1 Å². The normalized spacial score (nSPS) is 28.7. The Kier molecular flexibility index (Phi) is 7.49. The van der Waals surface area contributed by atoms with Crippen molar-refractivity contribution in [3.05, 3.63) is 91.3 Å². The van der Waals surface area contributed by atoms with Crippen molar-refractivity contribution in [1.29, 1.82) is 0 Å². The molecule has 0 spiro atoms. The third-order valence-electron chi connectivity index (χ3n) is 10.4.